The Morgan fingerprint density at radius 1 is 0.157 bits per heavy atom. The summed E-state index contributed by atoms with van der Waals surface area (Å²) in [6.45, 7) is 0. The number of rotatable bonds is 8. The smallest absolute Gasteiger partial charge is 0.00567 e. The number of fused-ring (bicyclic) bond motifs is 22. The van der Waals surface area contributed by atoms with Gasteiger partial charge in [-0.05, 0) is 238 Å². The molecule has 0 aromatic heterocycles. The fourth-order valence-corrected chi connectivity index (χ4v) is 18.2. The lowest BCUT2D eigenvalue weighted by molar-refractivity contribution is 0.663. The molecule has 502 valence electrons. The van der Waals surface area contributed by atoms with Gasteiger partial charge in [0.15, 0.2) is 0 Å². The van der Waals surface area contributed by atoms with Gasteiger partial charge < -0.3 is 0 Å². The summed E-state index contributed by atoms with van der Waals surface area (Å²) in [4.78, 5) is 0. The molecule has 0 nitrogen and oxygen atoms in total. The minimum Gasteiger partial charge on any atom is -0.0767 e. The summed E-state index contributed by atoms with van der Waals surface area (Å²) in [7, 11) is 0. The zero-order valence-electron chi connectivity index (χ0n) is 59.4. The Morgan fingerprint density at radius 3 is 0.898 bits per heavy atom. The third-order valence-electron chi connectivity index (χ3n) is 23.2. The van der Waals surface area contributed by atoms with Crippen LogP contribution in [0.1, 0.15) is 5.56 Å². The average molecular weight is 1370 g/mol. The molecule has 0 N–H and O–H groups in total. The van der Waals surface area contributed by atoms with Gasteiger partial charge in [0.2, 0.25) is 0 Å². The second-order valence-electron chi connectivity index (χ2n) is 29.1. The summed E-state index contributed by atoms with van der Waals surface area (Å²) < 4.78 is 0. The van der Waals surface area contributed by atoms with E-state index >= 15 is 0 Å². The first-order chi connectivity index (χ1) is 53.6. The third kappa shape index (κ3) is 10.5. The van der Waals surface area contributed by atoms with Crippen LogP contribution in [0, 0.1) is 11.8 Å². The van der Waals surface area contributed by atoms with E-state index < -0.39 is 0 Å². The highest BCUT2D eigenvalue weighted by molar-refractivity contribution is 6.40. The summed E-state index contributed by atoms with van der Waals surface area (Å²) >= 11 is 0. The van der Waals surface area contributed by atoms with Crippen LogP contribution in [-0.4, -0.2) is 0 Å². The van der Waals surface area contributed by atoms with Crippen LogP contribution >= 0.6 is 0 Å². The van der Waals surface area contributed by atoms with Gasteiger partial charge >= 0.3 is 0 Å². The highest BCUT2D eigenvalue weighted by Gasteiger charge is 2.24. The first-order valence-electron chi connectivity index (χ1n) is 37.8. The first-order valence-corrected chi connectivity index (χ1v) is 37.8. The molecule has 0 heteroatoms. The second kappa shape index (κ2) is 26.1. The normalized spacial score (nSPS) is 14.1. The number of benzene rings is 20. The quantitative estimate of drug-likeness (QED) is 0.133. The molecule has 2 unspecified atom stereocenters. The molecular weight excluding hydrogens is 1300 g/mol. The van der Waals surface area contributed by atoms with Crippen LogP contribution in [0.5, 0.6) is 0 Å². The van der Waals surface area contributed by atoms with Crippen molar-refractivity contribution < 1.29 is 0 Å². The average Bonchev–Trinajstić information content (AvgIpc) is 0.682. The van der Waals surface area contributed by atoms with E-state index in [0.29, 0.717) is 11.8 Å². The van der Waals surface area contributed by atoms with E-state index in [1.165, 1.54) is 208 Å². The van der Waals surface area contributed by atoms with Crippen LogP contribution < -0.4 is 0 Å². The van der Waals surface area contributed by atoms with Crippen molar-refractivity contribution in [1.29, 1.82) is 0 Å². The molecule has 0 heterocycles. The molecule has 2 aliphatic rings. The summed E-state index contributed by atoms with van der Waals surface area (Å²) in [5.74, 6) is 0.880. The van der Waals surface area contributed by atoms with E-state index in [0.717, 1.165) is 0 Å². The minimum atomic E-state index is 0.422. The monoisotopic (exact) mass is 1370 g/mol. The van der Waals surface area contributed by atoms with Crippen LogP contribution in [-0.2, 0) is 0 Å². The zero-order chi connectivity index (χ0) is 71.2. The summed E-state index contributed by atoms with van der Waals surface area (Å²) in [6.07, 6.45) is 16.0. The standard InChI is InChI=1S/C58H38.C50H32/c1-3-13-43-33-45(31-25-37(43)11-1)39-21-27-41(28-22-39)53-35-55-47-15-5-6-16-48(47)56-36-54(42-29-23-40(24-30-42)46-32-26-38-12-2-4-14-44(38)34-46)50-18-8-10-20-52(50)58(56)57(55)51-19-9-7-17-49(51)53;1-3-17-33(18-4-1)35-21-7-9-23-37(35)45-31-47-39-25-11-12-26-40(39)48-32-46(38-24-10-8-22-36(38)34-19-5-2-6-20-34)42-28-14-16-30-44(42)50(48)49(47)43-29-15-13-27-41(43)45/h1-37,43H;1-32H. The van der Waals surface area contributed by atoms with Gasteiger partial charge in [-0.25, -0.2) is 0 Å². The van der Waals surface area contributed by atoms with Crippen molar-refractivity contribution in [2.45, 2.75) is 0 Å². The Balaban J connectivity index is 0.000000139. The zero-order valence-corrected chi connectivity index (χ0v) is 59.4. The Morgan fingerprint density at radius 2 is 0.463 bits per heavy atom. The van der Waals surface area contributed by atoms with E-state index in [1.807, 2.05) is 0 Å². The Labute approximate surface area is 627 Å². The predicted octanol–water partition coefficient (Wildman–Crippen LogP) is 30.0. The molecule has 2 atom stereocenters. The Hall–Kier alpha value is -13.8. The largest absolute Gasteiger partial charge is 0.0767 e. The van der Waals surface area contributed by atoms with Crippen molar-refractivity contribution in [3.8, 4) is 77.9 Å². The van der Waals surface area contributed by atoms with Crippen molar-refractivity contribution >= 4 is 124 Å². The molecule has 0 spiro atoms. The van der Waals surface area contributed by atoms with Gasteiger partial charge in [0, 0.05) is 11.8 Å². The first kappa shape index (κ1) is 62.8. The highest BCUT2D eigenvalue weighted by Crippen LogP contribution is 2.51. The summed E-state index contributed by atoms with van der Waals surface area (Å²) in [6, 6.07) is 137. The number of hydrogen-bond donors (Lipinski definition) is 0. The molecule has 108 heavy (non-hydrogen) atoms. The molecule has 2 aliphatic carbocycles. The molecule has 20 aromatic rings. The lowest BCUT2D eigenvalue weighted by Gasteiger charge is -2.23. The van der Waals surface area contributed by atoms with Gasteiger partial charge in [0.1, 0.15) is 0 Å². The van der Waals surface area contributed by atoms with E-state index in [1.54, 1.807) is 0 Å². The molecule has 0 bridgehead atoms. The number of allylic oxidation sites excluding steroid dienone is 8. The molecule has 22 rings (SSSR count). The number of hydrogen-bond acceptors (Lipinski definition) is 0. The summed E-state index contributed by atoms with van der Waals surface area (Å²) in [5, 5.41) is 28.3. The predicted molar refractivity (Wildman–Crippen MR) is 466 cm³/mol. The van der Waals surface area contributed by atoms with Gasteiger partial charge in [-0.2, -0.15) is 0 Å². The van der Waals surface area contributed by atoms with E-state index in [-0.39, 0.29) is 0 Å². The van der Waals surface area contributed by atoms with Crippen LogP contribution in [0.25, 0.3) is 202 Å². The maximum atomic E-state index is 2.47. The fourth-order valence-electron chi connectivity index (χ4n) is 18.2. The van der Waals surface area contributed by atoms with Gasteiger partial charge in [-0.3, -0.25) is 0 Å². The van der Waals surface area contributed by atoms with Gasteiger partial charge in [0.05, 0.1) is 0 Å². The Kier molecular flexibility index (Phi) is 15.2. The van der Waals surface area contributed by atoms with E-state index in [4.69, 9.17) is 0 Å². The van der Waals surface area contributed by atoms with Crippen molar-refractivity contribution in [3.05, 3.63) is 418 Å². The molecule has 0 radical (unpaired) electrons. The van der Waals surface area contributed by atoms with Gasteiger partial charge in [-0.1, -0.05) is 382 Å². The van der Waals surface area contributed by atoms with Gasteiger partial charge in [0.25, 0.3) is 0 Å². The molecule has 0 amide bonds. The SMILES string of the molecule is C1=CC2C=CC(c3ccc(-c4cc5c6ccccc6c6cc(-c7ccc(-c8ccc9ccccc9c8)cc7)c7ccccc7c6c5c5ccccc45)cc3)=CC2C=C1.c1ccc(-c2ccccc2-c2cc3c4ccccc4c4cc(-c5ccccc5-c5ccccc5)c5ccccc5c4c3c3ccccc23)cc1. The molecular formula is C108H70. The van der Waals surface area contributed by atoms with E-state index in [2.05, 4.69) is 413 Å². The molecule has 0 saturated carbocycles. The van der Waals surface area contributed by atoms with Crippen LogP contribution in [0.4, 0.5) is 0 Å². The maximum Gasteiger partial charge on any atom is 0.00567 e. The van der Waals surface area contributed by atoms with Crippen molar-refractivity contribution in [3.63, 3.8) is 0 Å². The topological polar surface area (TPSA) is 0 Å². The molecule has 20 aromatic carbocycles. The van der Waals surface area contributed by atoms with Gasteiger partial charge in [-0.15, -0.1) is 0 Å². The summed E-state index contributed by atoms with van der Waals surface area (Å²) in [5.41, 5.74) is 20.0. The molecule has 0 aliphatic heterocycles. The van der Waals surface area contributed by atoms with Crippen LogP contribution in [0.2, 0.25) is 0 Å². The van der Waals surface area contributed by atoms with Crippen molar-refractivity contribution in [2.24, 2.45) is 11.8 Å². The van der Waals surface area contributed by atoms with Crippen molar-refractivity contribution in [1.82, 2.24) is 0 Å². The van der Waals surface area contributed by atoms with E-state index in [9.17, 15) is 0 Å². The Bertz CT molecular complexity index is 6990. The maximum absolute atomic E-state index is 2.47. The highest BCUT2D eigenvalue weighted by atomic mass is 14.3. The van der Waals surface area contributed by atoms with Crippen LogP contribution in [0.3, 0.4) is 0 Å². The fraction of sp³-hybridized carbons (Fsp3) is 0.0185. The minimum absolute atomic E-state index is 0.422. The lowest BCUT2D eigenvalue weighted by atomic mass is 9.81. The van der Waals surface area contributed by atoms with Crippen LogP contribution in [0.15, 0.2) is 413 Å². The van der Waals surface area contributed by atoms with Crippen molar-refractivity contribution in [2.75, 3.05) is 0 Å². The molecule has 0 fully saturated rings. The second-order valence-corrected chi connectivity index (χ2v) is 29.1. The lowest BCUT2D eigenvalue weighted by Crippen LogP contribution is -2.11. The molecule has 0 saturated heterocycles. The third-order valence-corrected chi connectivity index (χ3v) is 23.2.